The maximum atomic E-state index is 11.8. The summed E-state index contributed by atoms with van der Waals surface area (Å²) < 4.78 is 7.55. The number of nitrogens with zero attached hydrogens (tertiary/aromatic N) is 1. The fourth-order valence-corrected chi connectivity index (χ4v) is 2.27. The Bertz CT molecular complexity index is 617. The molecule has 0 fully saturated rings. The van der Waals surface area contributed by atoms with Crippen LogP contribution in [0.3, 0.4) is 0 Å². The summed E-state index contributed by atoms with van der Waals surface area (Å²) in [5, 5.41) is 1.10. The van der Waals surface area contributed by atoms with Crippen molar-refractivity contribution in [2.75, 3.05) is 6.61 Å². The number of carbonyl (C=O) groups is 1. The molecule has 5 heteroatoms. The number of benzene rings is 1. The molecule has 2 rings (SSSR count). The number of hydrogen-bond acceptors (Lipinski definition) is 3. The zero-order valence-electron chi connectivity index (χ0n) is 12.1. The predicted molar refractivity (Wildman–Crippen MR) is 79.2 cm³/mol. The highest BCUT2D eigenvalue weighted by Gasteiger charge is 2.27. The second-order valence-electron chi connectivity index (χ2n) is 5.45. The first-order valence-electron chi connectivity index (χ1n) is 6.70. The topological polar surface area (TPSA) is 69.3 Å². The van der Waals surface area contributed by atoms with Gasteiger partial charge in [0, 0.05) is 23.6 Å². The van der Waals surface area contributed by atoms with Gasteiger partial charge in [0.1, 0.15) is 5.75 Å². The molecule has 1 amide bonds. The number of hydrazine groups is 1. The molecule has 2 aromatic rings. The van der Waals surface area contributed by atoms with Crippen molar-refractivity contribution < 1.29 is 9.53 Å². The molecule has 0 bridgehead atoms. The van der Waals surface area contributed by atoms with Gasteiger partial charge in [0.25, 0.3) is 0 Å². The summed E-state index contributed by atoms with van der Waals surface area (Å²) in [7, 11) is 0. The van der Waals surface area contributed by atoms with E-state index in [4.69, 9.17) is 10.6 Å². The van der Waals surface area contributed by atoms with Gasteiger partial charge in [-0.05, 0) is 45.0 Å². The summed E-state index contributed by atoms with van der Waals surface area (Å²) in [5.74, 6) is 5.91. The third kappa shape index (κ3) is 2.77. The van der Waals surface area contributed by atoms with Crippen molar-refractivity contribution in [3.63, 3.8) is 0 Å². The number of nitrogens with two attached hydrogens (primary N) is 1. The van der Waals surface area contributed by atoms with Crippen LogP contribution in [-0.2, 0) is 11.3 Å². The summed E-state index contributed by atoms with van der Waals surface area (Å²) in [6.07, 6.45) is 1.98. The predicted octanol–water partition coefficient (Wildman–Crippen LogP) is 2.06. The first-order chi connectivity index (χ1) is 9.47. The maximum absolute atomic E-state index is 11.8. The largest absolute Gasteiger partial charge is 0.494 e. The molecule has 1 aromatic carbocycles. The molecule has 1 heterocycles. The van der Waals surface area contributed by atoms with Crippen molar-refractivity contribution >= 4 is 16.8 Å². The molecule has 0 saturated heterocycles. The lowest BCUT2D eigenvalue weighted by atomic mass is 9.92. The molecule has 108 valence electrons. The molecule has 3 N–H and O–H groups in total. The van der Waals surface area contributed by atoms with Crippen molar-refractivity contribution in [1.29, 1.82) is 0 Å². The Morgan fingerprint density at radius 3 is 2.80 bits per heavy atom. The molecule has 0 spiro atoms. The monoisotopic (exact) mass is 275 g/mol. The van der Waals surface area contributed by atoms with Crippen LogP contribution in [0.15, 0.2) is 30.5 Å². The molecule has 5 nitrogen and oxygen atoms in total. The summed E-state index contributed by atoms with van der Waals surface area (Å²) in [4.78, 5) is 11.8. The molecular weight excluding hydrogens is 254 g/mol. The minimum Gasteiger partial charge on any atom is -0.494 e. The number of carbonyl (C=O) groups excluding carboxylic acids is 1. The molecule has 0 aliphatic heterocycles. The van der Waals surface area contributed by atoms with E-state index in [1.807, 2.05) is 51.2 Å². The van der Waals surface area contributed by atoms with Crippen molar-refractivity contribution in [1.82, 2.24) is 9.99 Å². The van der Waals surface area contributed by atoms with Crippen LogP contribution < -0.4 is 16.0 Å². The standard InChI is InChI=1S/C15H21N3O2/c1-4-20-12-5-6-13-11(9-12)7-8-18(13)10-15(2,3)14(19)17-16/h5-9H,4,10,16H2,1-3H3,(H,17,19). The number of rotatable bonds is 5. The van der Waals surface area contributed by atoms with Crippen LogP contribution in [0, 0.1) is 5.41 Å². The number of amides is 1. The zero-order chi connectivity index (χ0) is 14.8. The van der Waals surface area contributed by atoms with Gasteiger partial charge in [0.05, 0.1) is 12.0 Å². The lowest BCUT2D eigenvalue weighted by Crippen LogP contribution is -2.43. The van der Waals surface area contributed by atoms with Gasteiger partial charge in [-0.1, -0.05) is 0 Å². The van der Waals surface area contributed by atoms with E-state index in [0.29, 0.717) is 13.2 Å². The van der Waals surface area contributed by atoms with Crippen molar-refractivity contribution in [2.45, 2.75) is 27.3 Å². The van der Waals surface area contributed by atoms with Crippen LogP contribution in [0.1, 0.15) is 20.8 Å². The normalized spacial score (nSPS) is 11.6. The SMILES string of the molecule is CCOc1ccc2c(ccn2CC(C)(C)C(=O)NN)c1. The Kier molecular flexibility index (Phi) is 3.99. The van der Waals surface area contributed by atoms with Crippen LogP contribution in [0.4, 0.5) is 0 Å². The average molecular weight is 275 g/mol. The van der Waals surface area contributed by atoms with Crippen LogP contribution in [0.2, 0.25) is 0 Å². The Morgan fingerprint density at radius 1 is 1.40 bits per heavy atom. The Hall–Kier alpha value is -2.01. The van der Waals surface area contributed by atoms with Gasteiger partial charge >= 0.3 is 0 Å². The minimum absolute atomic E-state index is 0.176. The van der Waals surface area contributed by atoms with Gasteiger partial charge in [0.2, 0.25) is 5.91 Å². The first-order valence-corrected chi connectivity index (χ1v) is 6.70. The van der Waals surface area contributed by atoms with E-state index in [0.717, 1.165) is 16.7 Å². The van der Waals surface area contributed by atoms with E-state index in [2.05, 4.69) is 9.99 Å². The van der Waals surface area contributed by atoms with E-state index in [-0.39, 0.29) is 5.91 Å². The van der Waals surface area contributed by atoms with E-state index >= 15 is 0 Å². The summed E-state index contributed by atoms with van der Waals surface area (Å²) in [5.41, 5.74) is 2.72. The summed E-state index contributed by atoms with van der Waals surface area (Å²) in [6, 6.07) is 7.98. The molecule has 1 aromatic heterocycles. The molecule has 0 aliphatic rings. The molecule has 0 saturated carbocycles. The van der Waals surface area contributed by atoms with E-state index in [9.17, 15) is 4.79 Å². The third-order valence-corrected chi connectivity index (χ3v) is 3.36. The van der Waals surface area contributed by atoms with Crippen molar-refractivity contribution in [2.24, 2.45) is 11.3 Å². The van der Waals surface area contributed by atoms with Gasteiger partial charge in [-0.2, -0.15) is 0 Å². The Balaban J connectivity index is 2.30. The second-order valence-corrected chi connectivity index (χ2v) is 5.45. The average Bonchev–Trinajstić information content (AvgIpc) is 2.80. The van der Waals surface area contributed by atoms with Crippen LogP contribution >= 0.6 is 0 Å². The molecule has 20 heavy (non-hydrogen) atoms. The highest BCUT2D eigenvalue weighted by molar-refractivity contribution is 5.83. The quantitative estimate of drug-likeness (QED) is 0.498. The number of aromatic nitrogens is 1. The lowest BCUT2D eigenvalue weighted by Gasteiger charge is -2.23. The van der Waals surface area contributed by atoms with Crippen LogP contribution in [0.5, 0.6) is 5.75 Å². The highest BCUT2D eigenvalue weighted by atomic mass is 16.5. The van der Waals surface area contributed by atoms with Gasteiger partial charge < -0.3 is 9.30 Å². The van der Waals surface area contributed by atoms with Crippen molar-refractivity contribution in [3.8, 4) is 5.75 Å². The molecule has 0 aliphatic carbocycles. The van der Waals surface area contributed by atoms with E-state index < -0.39 is 5.41 Å². The summed E-state index contributed by atoms with van der Waals surface area (Å²) >= 11 is 0. The maximum Gasteiger partial charge on any atom is 0.241 e. The van der Waals surface area contributed by atoms with Crippen molar-refractivity contribution in [3.05, 3.63) is 30.5 Å². The van der Waals surface area contributed by atoms with Gasteiger partial charge in [-0.15, -0.1) is 0 Å². The van der Waals surface area contributed by atoms with Crippen LogP contribution in [0.25, 0.3) is 10.9 Å². The third-order valence-electron chi connectivity index (χ3n) is 3.36. The van der Waals surface area contributed by atoms with E-state index in [1.165, 1.54) is 0 Å². The highest BCUT2D eigenvalue weighted by Crippen LogP contribution is 2.26. The Labute approximate surface area is 118 Å². The number of hydrogen-bond donors (Lipinski definition) is 2. The minimum atomic E-state index is -0.570. The number of ether oxygens (including phenoxy) is 1. The fraction of sp³-hybridized carbons (Fsp3) is 0.400. The van der Waals surface area contributed by atoms with Gasteiger partial charge in [-0.25, -0.2) is 5.84 Å². The number of nitrogens with one attached hydrogen (secondary N) is 1. The van der Waals surface area contributed by atoms with E-state index in [1.54, 1.807) is 0 Å². The smallest absolute Gasteiger partial charge is 0.241 e. The van der Waals surface area contributed by atoms with Crippen LogP contribution in [-0.4, -0.2) is 17.1 Å². The lowest BCUT2D eigenvalue weighted by molar-refractivity contribution is -0.130. The molecule has 0 radical (unpaired) electrons. The van der Waals surface area contributed by atoms with Gasteiger partial charge in [0.15, 0.2) is 0 Å². The fourth-order valence-electron chi connectivity index (χ4n) is 2.27. The first kappa shape index (κ1) is 14.4. The van der Waals surface area contributed by atoms with Gasteiger partial charge in [-0.3, -0.25) is 10.2 Å². The zero-order valence-corrected chi connectivity index (χ0v) is 12.1. The number of fused-ring (bicyclic) bond motifs is 1. The molecule has 0 unspecified atom stereocenters. The second kappa shape index (κ2) is 5.54. The Morgan fingerprint density at radius 2 is 2.15 bits per heavy atom. The molecule has 0 atom stereocenters. The summed E-state index contributed by atoms with van der Waals surface area (Å²) in [6.45, 7) is 6.91. The molecular formula is C15H21N3O2.